The first kappa shape index (κ1) is 32.7. The second kappa shape index (κ2) is 16.4. The van der Waals surface area contributed by atoms with Crippen LogP contribution in [-0.2, 0) is 38.4 Å². The number of hydrogen-bond acceptors (Lipinski definition) is 9. The molecule has 0 aliphatic carbocycles. The number of carboxylic acid groups (broad SMARTS) is 3. The largest absolute Gasteiger partial charge is 0.481 e. The molecule has 17 nitrogen and oxygen atoms in total. The summed E-state index contributed by atoms with van der Waals surface area (Å²) in [7, 11) is 0. The maximum absolute atomic E-state index is 12.8. The number of carbonyl (C=O) groups excluding carboxylic acids is 5. The van der Waals surface area contributed by atoms with Gasteiger partial charge in [-0.25, -0.2) is 4.79 Å². The molecule has 0 aromatic rings. The SMILES string of the molecule is NC(=O)CCC(N)C(=O)NC(CCC(=O)O)C(=O)NC(CCC(=O)O)C(=O)NC(CCC(N)=O)C(=O)O. The second-order valence-corrected chi connectivity index (χ2v) is 8.00. The molecule has 0 aliphatic rings. The number of aliphatic carboxylic acids is 3. The lowest BCUT2D eigenvalue weighted by Crippen LogP contribution is -2.57. The van der Waals surface area contributed by atoms with E-state index in [1.54, 1.807) is 0 Å². The molecule has 0 fully saturated rings. The third-order valence-corrected chi connectivity index (χ3v) is 4.89. The summed E-state index contributed by atoms with van der Waals surface area (Å²) in [5, 5.41) is 33.6. The molecule has 4 atom stereocenters. The Morgan fingerprint density at radius 1 is 0.541 bits per heavy atom. The van der Waals surface area contributed by atoms with E-state index in [0.29, 0.717) is 0 Å². The van der Waals surface area contributed by atoms with Gasteiger partial charge in [0.2, 0.25) is 29.5 Å². The number of amides is 5. The van der Waals surface area contributed by atoms with Crippen LogP contribution >= 0.6 is 0 Å². The second-order valence-electron chi connectivity index (χ2n) is 8.00. The molecule has 0 aromatic carbocycles. The van der Waals surface area contributed by atoms with Crippen LogP contribution in [0, 0.1) is 0 Å². The van der Waals surface area contributed by atoms with Gasteiger partial charge in [-0.2, -0.15) is 0 Å². The quantitative estimate of drug-likeness (QED) is 0.0771. The first-order chi connectivity index (χ1) is 17.1. The summed E-state index contributed by atoms with van der Waals surface area (Å²) in [6.45, 7) is 0. The standard InChI is InChI=1S/C20H32N6O11/c21-9(1-5-13(22)27)17(33)24-10(3-7-15(29)30)18(34)25-11(4-8-16(31)32)19(35)26-12(20(36)37)2-6-14(23)28/h9-12H,1-8,21H2,(H2,22,27)(H2,23,28)(H,24,33)(H,25,34)(H,26,35)(H,29,30)(H,31,32)(H,36,37). The highest BCUT2D eigenvalue weighted by Gasteiger charge is 2.31. The first-order valence-corrected chi connectivity index (χ1v) is 11.0. The Bertz CT molecular complexity index is 894. The molecule has 208 valence electrons. The average Bonchev–Trinajstić information content (AvgIpc) is 2.79. The average molecular weight is 533 g/mol. The molecule has 0 radical (unpaired) electrons. The molecule has 0 saturated heterocycles. The Morgan fingerprint density at radius 2 is 0.892 bits per heavy atom. The Kier molecular flexibility index (Phi) is 14.5. The fourth-order valence-electron chi connectivity index (χ4n) is 2.87. The number of carbonyl (C=O) groups is 8. The van der Waals surface area contributed by atoms with Crippen molar-refractivity contribution in [1.82, 2.24) is 16.0 Å². The molecule has 4 unspecified atom stereocenters. The van der Waals surface area contributed by atoms with E-state index in [4.69, 9.17) is 27.4 Å². The highest BCUT2D eigenvalue weighted by atomic mass is 16.4. The fraction of sp³-hybridized carbons (Fsp3) is 0.600. The highest BCUT2D eigenvalue weighted by Crippen LogP contribution is 2.06. The minimum absolute atomic E-state index is 0.167. The van der Waals surface area contributed by atoms with E-state index < -0.39 is 97.3 Å². The van der Waals surface area contributed by atoms with E-state index in [1.165, 1.54) is 0 Å². The van der Waals surface area contributed by atoms with Crippen molar-refractivity contribution in [3.63, 3.8) is 0 Å². The van der Waals surface area contributed by atoms with Gasteiger partial charge in [0.25, 0.3) is 0 Å². The summed E-state index contributed by atoms with van der Waals surface area (Å²) in [5.74, 6) is -8.84. The van der Waals surface area contributed by atoms with Gasteiger partial charge in [-0.3, -0.25) is 33.6 Å². The topological polar surface area (TPSA) is 311 Å². The van der Waals surface area contributed by atoms with Crippen LogP contribution in [0.25, 0.3) is 0 Å². The van der Waals surface area contributed by atoms with Crippen LogP contribution in [0.2, 0.25) is 0 Å². The van der Waals surface area contributed by atoms with Crippen molar-refractivity contribution < 1.29 is 53.7 Å². The molecule has 0 aliphatic heterocycles. The van der Waals surface area contributed by atoms with Gasteiger partial charge in [0.15, 0.2) is 0 Å². The lowest BCUT2D eigenvalue weighted by Gasteiger charge is -2.25. The van der Waals surface area contributed by atoms with Crippen molar-refractivity contribution in [2.24, 2.45) is 17.2 Å². The van der Waals surface area contributed by atoms with Gasteiger partial charge in [-0.1, -0.05) is 0 Å². The Labute approximate surface area is 210 Å². The summed E-state index contributed by atoms with van der Waals surface area (Å²) in [6.07, 6.45) is -3.32. The van der Waals surface area contributed by atoms with E-state index in [1.807, 2.05) is 0 Å². The molecule has 0 aromatic heterocycles. The lowest BCUT2D eigenvalue weighted by molar-refractivity contribution is -0.143. The fourth-order valence-corrected chi connectivity index (χ4v) is 2.87. The predicted molar refractivity (Wildman–Crippen MR) is 122 cm³/mol. The summed E-state index contributed by atoms with van der Waals surface area (Å²) < 4.78 is 0. The van der Waals surface area contributed by atoms with Crippen molar-refractivity contribution in [2.45, 2.75) is 75.5 Å². The van der Waals surface area contributed by atoms with E-state index in [2.05, 4.69) is 16.0 Å². The van der Waals surface area contributed by atoms with Crippen molar-refractivity contribution in [2.75, 3.05) is 0 Å². The normalized spacial score (nSPS) is 13.8. The zero-order valence-corrected chi connectivity index (χ0v) is 19.8. The van der Waals surface area contributed by atoms with Gasteiger partial charge in [0.05, 0.1) is 6.04 Å². The van der Waals surface area contributed by atoms with Crippen molar-refractivity contribution in [3.05, 3.63) is 0 Å². The zero-order valence-electron chi connectivity index (χ0n) is 19.8. The van der Waals surface area contributed by atoms with Gasteiger partial charge in [0.1, 0.15) is 18.1 Å². The molecular formula is C20H32N6O11. The molecule has 12 N–H and O–H groups in total. The molecule has 17 heteroatoms. The summed E-state index contributed by atoms with van der Waals surface area (Å²) in [5.41, 5.74) is 15.6. The maximum atomic E-state index is 12.8. The zero-order chi connectivity index (χ0) is 28.7. The van der Waals surface area contributed by atoms with Gasteiger partial charge in [-0.15, -0.1) is 0 Å². The highest BCUT2D eigenvalue weighted by molar-refractivity contribution is 5.94. The molecule has 0 bridgehead atoms. The Balaban J connectivity index is 5.64. The number of carboxylic acids is 3. The maximum Gasteiger partial charge on any atom is 0.326 e. The molecule has 37 heavy (non-hydrogen) atoms. The molecule has 0 rings (SSSR count). The van der Waals surface area contributed by atoms with Crippen LogP contribution in [0.15, 0.2) is 0 Å². The Morgan fingerprint density at radius 3 is 1.27 bits per heavy atom. The minimum Gasteiger partial charge on any atom is -0.481 e. The number of nitrogens with one attached hydrogen (secondary N) is 3. The molecule has 5 amide bonds. The van der Waals surface area contributed by atoms with Gasteiger partial charge >= 0.3 is 17.9 Å². The summed E-state index contributed by atoms with van der Waals surface area (Å²) >= 11 is 0. The predicted octanol–water partition coefficient (Wildman–Crippen LogP) is -3.89. The smallest absolute Gasteiger partial charge is 0.326 e. The number of primary amides is 2. The monoisotopic (exact) mass is 532 g/mol. The van der Waals surface area contributed by atoms with Crippen LogP contribution in [0.5, 0.6) is 0 Å². The van der Waals surface area contributed by atoms with Crippen molar-refractivity contribution >= 4 is 47.4 Å². The van der Waals surface area contributed by atoms with E-state index in [-0.39, 0.29) is 25.7 Å². The van der Waals surface area contributed by atoms with Gasteiger partial charge in [-0.05, 0) is 25.7 Å². The van der Waals surface area contributed by atoms with Crippen LogP contribution in [0.4, 0.5) is 0 Å². The third kappa shape index (κ3) is 14.7. The Hall–Kier alpha value is -4.28. The molecular weight excluding hydrogens is 500 g/mol. The number of nitrogens with two attached hydrogens (primary N) is 3. The molecule has 0 saturated carbocycles. The third-order valence-electron chi connectivity index (χ3n) is 4.89. The van der Waals surface area contributed by atoms with Crippen LogP contribution in [0.3, 0.4) is 0 Å². The van der Waals surface area contributed by atoms with E-state index in [9.17, 15) is 43.5 Å². The van der Waals surface area contributed by atoms with E-state index >= 15 is 0 Å². The van der Waals surface area contributed by atoms with Crippen LogP contribution in [0.1, 0.15) is 51.4 Å². The van der Waals surface area contributed by atoms with Gasteiger partial charge < -0.3 is 48.5 Å². The minimum atomic E-state index is -1.60. The van der Waals surface area contributed by atoms with Crippen molar-refractivity contribution in [3.8, 4) is 0 Å². The summed E-state index contributed by atoms with van der Waals surface area (Å²) in [4.78, 5) is 93.1. The van der Waals surface area contributed by atoms with Crippen LogP contribution in [-0.4, -0.2) is 86.9 Å². The van der Waals surface area contributed by atoms with Gasteiger partial charge in [0, 0.05) is 25.7 Å². The molecule has 0 spiro atoms. The van der Waals surface area contributed by atoms with Crippen LogP contribution < -0.4 is 33.2 Å². The number of rotatable bonds is 19. The number of hydrogen-bond donors (Lipinski definition) is 9. The van der Waals surface area contributed by atoms with E-state index in [0.717, 1.165) is 0 Å². The first-order valence-electron chi connectivity index (χ1n) is 11.0. The summed E-state index contributed by atoms with van der Waals surface area (Å²) in [6, 6.07) is -6.00. The lowest BCUT2D eigenvalue weighted by atomic mass is 10.1. The van der Waals surface area contributed by atoms with Crippen molar-refractivity contribution in [1.29, 1.82) is 0 Å². The molecule has 0 heterocycles.